The molecule has 2 atom stereocenters. The Bertz CT molecular complexity index is 1120. The number of esters is 2. The Morgan fingerprint density at radius 2 is 1.48 bits per heavy atom. The zero-order chi connectivity index (χ0) is 21.5. The van der Waals surface area contributed by atoms with E-state index in [4.69, 9.17) is 9.47 Å². The molecule has 1 heterocycles. The summed E-state index contributed by atoms with van der Waals surface area (Å²) in [5.41, 5.74) is 6.80. The first kappa shape index (κ1) is 19.8. The van der Waals surface area contributed by atoms with Crippen molar-refractivity contribution in [3.05, 3.63) is 93.6 Å². The van der Waals surface area contributed by atoms with Gasteiger partial charge in [-0.3, -0.25) is 4.90 Å². The molecule has 1 fully saturated rings. The van der Waals surface area contributed by atoms with Crippen LogP contribution in [0.4, 0.5) is 0 Å². The van der Waals surface area contributed by atoms with Crippen LogP contribution in [-0.4, -0.2) is 44.1 Å². The Labute approximate surface area is 182 Å². The van der Waals surface area contributed by atoms with Crippen LogP contribution in [0.25, 0.3) is 0 Å². The van der Waals surface area contributed by atoms with Crippen molar-refractivity contribution in [3.8, 4) is 0 Å². The fraction of sp³-hybridized carbons (Fsp3) is 0.308. The first-order valence-electron chi connectivity index (χ1n) is 10.6. The lowest BCUT2D eigenvalue weighted by Gasteiger charge is -2.31. The fourth-order valence-corrected chi connectivity index (χ4v) is 5.52. The van der Waals surface area contributed by atoms with Crippen LogP contribution in [-0.2, 0) is 32.0 Å². The molecular formula is C26H25NO4. The minimum Gasteiger partial charge on any atom is -0.466 e. The predicted octanol–water partition coefficient (Wildman–Crippen LogP) is 3.41. The van der Waals surface area contributed by atoms with Crippen LogP contribution < -0.4 is 0 Å². The number of fused-ring (bicyclic) bond motifs is 4. The van der Waals surface area contributed by atoms with E-state index in [0.717, 1.165) is 35.2 Å². The van der Waals surface area contributed by atoms with Crippen LogP contribution in [0.3, 0.4) is 0 Å². The first-order valence-corrected chi connectivity index (χ1v) is 10.6. The molecule has 2 aliphatic carbocycles. The van der Waals surface area contributed by atoms with E-state index in [9.17, 15) is 9.59 Å². The van der Waals surface area contributed by atoms with Gasteiger partial charge in [-0.1, -0.05) is 54.6 Å². The lowest BCUT2D eigenvalue weighted by molar-refractivity contribution is -0.138. The molecule has 0 unspecified atom stereocenters. The van der Waals surface area contributed by atoms with Crippen molar-refractivity contribution in [2.75, 3.05) is 27.3 Å². The average Bonchev–Trinajstić information content (AvgIpc) is 3.38. The number of rotatable bonds is 4. The summed E-state index contributed by atoms with van der Waals surface area (Å²) in [6.45, 7) is 1.98. The van der Waals surface area contributed by atoms with Gasteiger partial charge in [0, 0.05) is 37.0 Å². The van der Waals surface area contributed by atoms with Gasteiger partial charge in [0.05, 0.1) is 19.8 Å². The smallest absolute Gasteiger partial charge is 0.334 e. The molecule has 0 spiro atoms. The summed E-state index contributed by atoms with van der Waals surface area (Å²) in [7, 11) is 2.87. The van der Waals surface area contributed by atoms with Crippen LogP contribution in [0, 0.1) is 5.92 Å². The van der Waals surface area contributed by atoms with Gasteiger partial charge in [0.15, 0.2) is 0 Å². The summed E-state index contributed by atoms with van der Waals surface area (Å²) < 4.78 is 10.5. The molecule has 0 N–H and O–H groups in total. The monoisotopic (exact) mass is 415 g/mol. The van der Waals surface area contributed by atoms with Gasteiger partial charge in [-0.25, -0.2) is 9.59 Å². The summed E-state index contributed by atoms with van der Waals surface area (Å²) in [4.78, 5) is 28.3. The number of ether oxygens (including phenoxy) is 2. The molecule has 5 heteroatoms. The molecule has 0 amide bonds. The van der Waals surface area contributed by atoms with Crippen LogP contribution in [0.15, 0.2) is 76.9 Å². The average molecular weight is 415 g/mol. The summed E-state index contributed by atoms with van der Waals surface area (Å²) in [6, 6.07) is 18.4. The van der Waals surface area contributed by atoms with Gasteiger partial charge in [-0.2, -0.15) is 0 Å². The second kappa shape index (κ2) is 7.82. The van der Waals surface area contributed by atoms with Gasteiger partial charge in [0.1, 0.15) is 0 Å². The molecule has 1 aliphatic heterocycles. The van der Waals surface area contributed by atoms with Crippen LogP contribution in [0.1, 0.15) is 22.6 Å². The molecule has 158 valence electrons. The van der Waals surface area contributed by atoms with E-state index in [0.29, 0.717) is 18.7 Å². The van der Waals surface area contributed by atoms with E-state index in [1.807, 2.05) is 30.3 Å². The summed E-state index contributed by atoms with van der Waals surface area (Å²) in [5, 5.41) is 0. The minimum absolute atomic E-state index is 0.102. The van der Waals surface area contributed by atoms with Gasteiger partial charge in [-0.05, 0) is 34.3 Å². The molecular weight excluding hydrogens is 390 g/mol. The minimum atomic E-state index is -0.301. The highest BCUT2D eigenvalue weighted by atomic mass is 16.5. The van der Waals surface area contributed by atoms with Crippen LogP contribution >= 0.6 is 0 Å². The van der Waals surface area contributed by atoms with Crippen molar-refractivity contribution < 1.29 is 19.1 Å². The van der Waals surface area contributed by atoms with Crippen molar-refractivity contribution in [2.45, 2.75) is 18.9 Å². The number of hydrogen-bond donors (Lipinski definition) is 0. The Morgan fingerprint density at radius 3 is 2.19 bits per heavy atom. The fourth-order valence-electron chi connectivity index (χ4n) is 5.52. The standard InChI is InChI=1S/C26H25NO4/c1-30-25(28)23-19-12-17-10-6-7-11-18(17)22(19)24(26(29)31-2)21-15-27(14-20(21)23)13-16-8-4-3-5-9-16/h3-11,19,22H,12-15H2,1-2H3/t19-,22+/m0/s1. The van der Waals surface area contributed by atoms with E-state index >= 15 is 0 Å². The lowest BCUT2D eigenvalue weighted by Crippen LogP contribution is -2.30. The number of carbonyl (C=O) groups is 2. The van der Waals surface area contributed by atoms with E-state index in [1.54, 1.807) is 0 Å². The highest BCUT2D eigenvalue weighted by Gasteiger charge is 2.49. The third-order valence-corrected chi connectivity index (χ3v) is 6.75. The number of methoxy groups -OCH3 is 2. The van der Waals surface area contributed by atoms with Gasteiger partial charge < -0.3 is 9.47 Å². The summed E-state index contributed by atoms with van der Waals surface area (Å²) >= 11 is 0. The van der Waals surface area contributed by atoms with E-state index in [1.165, 1.54) is 25.3 Å². The normalized spacial score (nSPS) is 22.1. The Balaban J connectivity index is 1.65. The van der Waals surface area contributed by atoms with Gasteiger partial charge in [0.25, 0.3) is 0 Å². The molecule has 2 aromatic rings. The molecule has 0 aromatic heterocycles. The van der Waals surface area contributed by atoms with Crippen LogP contribution in [0.2, 0.25) is 0 Å². The van der Waals surface area contributed by atoms with Crippen molar-refractivity contribution in [3.63, 3.8) is 0 Å². The molecule has 5 nitrogen and oxygen atoms in total. The Kier molecular flexibility index (Phi) is 4.98. The van der Waals surface area contributed by atoms with Crippen molar-refractivity contribution >= 4 is 11.9 Å². The maximum absolute atomic E-state index is 13.0. The molecule has 1 saturated heterocycles. The Morgan fingerprint density at radius 1 is 0.871 bits per heavy atom. The van der Waals surface area contributed by atoms with Gasteiger partial charge >= 0.3 is 11.9 Å². The van der Waals surface area contributed by atoms with Crippen LogP contribution in [0.5, 0.6) is 0 Å². The Hall–Kier alpha value is -3.18. The van der Waals surface area contributed by atoms with E-state index < -0.39 is 0 Å². The predicted molar refractivity (Wildman–Crippen MR) is 116 cm³/mol. The maximum Gasteiger partial charge on any atom is 0.334 e. The number of nitrogens with zero attached hydrogens (tertiary/aromatic N) is 1. The zero-order valence-electron chi connectivity index (χ0n) is 17.8. The molecule has 0 radical (unpaired) electrons. The topological polar surface area (TPSA) is 55.8 Å². The number of likely N-dealkylation sites (tertiary alicyclic amines) is 1. The third-order valence-electron chi connectivity index (χ3n) is 6.75. The second-order valence-electron chi connectivity index (χ2n) is 8.39. The highest BCUT2D eigenvalue weighted by molar-refractivity contribution is 5.99. The molecule has 0 saturated carbocycles. The largest absolute Gasteiger partial charge is 0.466 e. The number of benzene rings is 2. The van der Waals surface area contributed by atoms with E-state index in [2.05, 4.69) is 29.2 Å². The quantitative estimate of drug-likeness (QED) is 0.717. The lowest BCUT2D eigenvalue weighted by atomic mass is 9.72. The van der Waals surface area contributed by atoms with Gasteiger partial charge in [-0.15, -0.1) is 0 Å². The van der Waals surface area contributed by atoms with Crippen molar-refractivity contribution in [1.82, 2.24) is 4.90 Å². The molecule has 5 rings (SSSR count). The highest BCUT2D eigenvalue weighted by Crippen LogP contribution is 2.53. The van der Waals surface area contributed by atoms with Gasteiger partial charge in [0.2, 0.25) is 0 Å². The molecule has 3 aliphatic rings. The number of carbonyl (C=O) groups excluding carboxylic acids is 2. The van der Waals surface area contributed by atoms with Crippen molar-refractivity contribution in [2.24, 2.45) is 5.92 Å². The first-order chi connectivity index (χ1) is 15.1. The zero-order valence-corrected chi connectivity index (χ0v) is 17.8. The molecule has 0 bridgehead atoms. The maximum atomic E-state index is 13.0. The summed E-state index contributed by atoms with van der Waals surface area (Å²) in [5.74, 6) is -0.868. The van der Waals surface area contributed by atoms with E-state index in [-0.39, 0.29) is 23.8 Å². The number of hydrogen-bond acceptors (Lipinski definition) is 5. The second-order valence-corrected chi connectivity index (χ2v) is 8.39. The molecule has 31 heavy (non-hydrogen) atoms. The summed E-state index contributed by atoms with van der Waals surface area (Å²) in [6.07, 6.45) is 0.723. The molecule has 2 aromatic carbocycles. The SMILES string of the molecule is COC(=O)C1=C2CN(Cc3ccccc3)CC2=C(C(=O)OC)[C@@H]2c3ccccc3C[C@H]12. The van der Waals surface area contributed by atoms with Crippen molar-refractivity contribution in [1.29, 1.82) is 0 Å². The third kappa shape index (κ3) is 3.20.